The second-order valence-corrected chi connectivity index (χ2v) is 8.89. The van der Waals surface area contributed by atoms with Gasteiger partial charge in [-0.3, -0.25) is 24.0 Å². The van der Waals surface area contributed by atoms with Crippen molar-refractivity contribution < 1.29 is 24.0 Å². The third kappa shape index (κ3) is 11.8. The molecule has 0 heterocycles. The second-order valence-electron chi connectivity index (χ2n) is 8.89. The van der Waals surface area contributed by atoms with E-state index in [1.165, 1.54) is 13.8 Å². The van der Waals surface area contributed by atoms with Gasteiger partial charge in [0, 0.05) is 5.56 Å². The number of hydrogen-bond acceptors (Lipinski definition) is 7. The van der Waals surface area contributed by atoms with E-state index in [-0.39, 0.29) is 0 Å². The van der Waals surface area contributed by atoms with Gasteiger partial charge in [-0.25, -0.2) is 0 Å². The van der Waals surface area contributed by atoms with Crippen molar-refractivity contribution in [2.24, 2.45) is 17.2 Å². The summed E-state index contributed by atoms with van der Waals surface area (Å²) in [5, 5.41) is 10.3. The molecular formula is C25H41N7O5. The highest BCUT2D eigenvalue weighted by Gasteiger charge is 2.27. The summed E-state index contributed by atoms with van der Waals surface area (Å²) in [6.45, 7) is 3.82. The fourth-order valence-corrected chi connectivity index (χ4v) is 3.45. The molecular weight excluding hydrogens is 478 g/mol. The molecule has 0 bridgehead atoms. The lowest BCUT2D eigenvalue weighted by molar-refractivity contribution is -0.133. The van der Waals surface area contributed by atoms with Crippen molar-refractivity contribution in [1.29, 1.82) is 0 Å². The largest absolute Gasteiger partial charge is 0.368 e. The van der Waals surface area contributed by atoms with Crippen molar-refractivity contribution in [2.45, 2.75) is 76.5 Å². The summed E-state index contributed by atoms with van der Waals surface area (Å²) in [4.78, 5) is 62.2. The van der Waals surface area contributed by atoms with Crippen molar-refractivity contribution in [3.05, 3.63) is 35.9 Å². The van der Waals surface area contributed by atoms with Gasteiger partial charge in [0.2, 0.25) is 23.6 Å². The molecule has 206 valence electrons. The van der Waals surface area contributed by atoms with Crippen molar-refractivity contribution in [1.82, 2.24) is 21.3 Å². The summed E-state index contributed by atoms with van der Waals surface area (Å²) in [6.07, 6.45) is 3.25. The molecule has 0 aromatic heterocycles. The quantitative estimate of drug-likeness (QED) is 0.128. The summed E-state index contributed by atoms with van der Waals surface area (Å²) < 4.78 is 0. The van der Waals surface area contributed by atoms with Crippen LogP contribution in [0.5, 0.6) is 0 Å². The van der Waals surface area contributed by atoms with Crippen LogP contribution in [0.4, 0.5) is 0 Å². The predicted molar refractivity (Wildman–Crippen MR) is 140 cm³/mol. The zero-order valence-electron chi connectivity index (χ0n) is 21.6. The highest BCUT2D eigenvalue weighted by molar-refractivity contribution is 5.98. The number of nitrogens with one attached hydrogen (secondary N) is 4. The SMILES string of the molecule is C[C@H](NC(=O)[C@H](C)NC(=O)[C@H](CCCCN)NC(=O)c1ccccc1)C(=O)N[C@@H](CCCCN)C(N)=O. The molecule has 4 atom stereocenters. The third-order valence-corrected chi connectivity index (χ3v) is 5.72. The summed E-state index contributed by atoms with van der Waals surface area (Å²) in [5.74, 6) is -2.81. The third-order valence-electron chi connectivity index (χ3n) is 5.72. The van der Waals surface area contributed by atoms with Crippen LogP contribution in [0.15, 0.2) is 30.3 Å². The Balaban J connectivity index is 2.70. The molecule has 0 saturated heterocycles. The van der Waals surface area contributed by atoms with Gasteiger partial charge in [-0.05, 0) is 77.6 Å². The zero-order chi connectivity index (χ0) is 27.8. The van der Waals surface area contributed by atoms with E-state index in [4.69, 9.17) is 17.2 Å². The van der Waals surface area contributed by atoms with Crippen molar-refractivity contribution in [3.8, 4) is 0 Å². The van der Waals surface area contributed by atoms with E-state index in [9.17, 15) is 24.0 Å². The van der Waals surface area contributed by atoms with Gasteiger partial charge in [0.25, 0.3) is 5.91 Å². The molecule has 0 unspecified atom stereocenters. The number of carbonyl (C=O) groups is 5. The van der Waals surface area contributed by atoms with Crippen molar-refractivity contribution in [2.75, 3.05) is 13.1 Å². The lowest BCUT2D eigenvalue weighted by atomic mass is 10.1. The lowest BCUT2D eigenvalue weighted by Crippen LogP contribution is -2.56. The first-order valence-electron chi connectivity index (χ1n) is 12.6. The smallest absolute Gasteiger partial charge is 0.251 e. The van der Waals surface area contributed by atoms with E-state index >= 15 is 0 Å². The summed E-state index contributed by atoms with van der Waals surface area (Å²) in [5.41, 5.74) is 16.8. The minimum absolute atomic E-state index is 0.339. The molecule has 1 aromatic rings. The molecule has 12 heteroatoms. The monoisotopic (exact) mass is 519 g/mol. The van der Waals surface area contributed by atoms with Crippen LogP contribution in [0.1, 0.15) is 62.7 Å². The fourth-order valence-electron chi connectivity index (χ4n) is 3.45. The van der Waals surface area contributed by atoms with Gasteiger partial charge >= 0.3 is 0 Å². The number of primary amides is 1. The van der Waals surface area contributed by atoms with Crippen LogP contribution >= 0.6 is 0 Å². The van der Waals surface area contributed by atoms with Gasteiger partial charge in [-0.2, -0.15) is 0 Å². The lowest BCUT2D eigenvalue weighted by Gasteiger charge is -2.23. The molecule has 0 fully saturated rings. The first-order valence-corrected chi connectivity index (χ1v) is 12.6. The first-order chi connectivity index (χ1) is 17.6. The second kappa shape index (κ2) is 17.0. The summed E-state index contributed by atoms with van der Waals surface area (Å²) in [6, 6.07) is 4.74. The van der Waals surface area contributed by atoms with Crippen LogP contribution in [0.2, 0.25) is 0 Å². The molecule has 0 aliphatic carbocycles. The number of nitrogens with two attached hydrogens (primary N) is 3. The van der Waals surface area contributed by atoms with Crippen LogP contribution < -0.4 is 38.5 Å². The van der Waals surface area contributed by atoms with Gasteiger partial charge in [0.1, 0.15) is 24.2 Å². The molecule has 12 nitrogen and oxygen atoms in total. The molecule has 0 saturated carbocycles. The summed E-state index contributed by atoms with van der Waals surface area (Å²) >= 11 is 0. The Kier molecular flexibility index (Phi) is 14.5. The van der Waals surface area contributed by atoms with Gasteiger partial charge in [-0.1, -0.05) is 18.2 Å². The Bertz CT molecular complexity index is 897. The van der Waals surface area contributed by atoms with E-state index in [1.807, 2.05) is 0 Å². The van der Waals surface area contributed by atoms with E-state index in [1.54, 1.807) is 30.3 Å². The van der Waals surface area contributed by atoms with E-state index < -0.39 is 53.7 Å². The molecule has 0 radical (unpaired) electrons. The number of unbranched alkanes of at least 4 members (excludes halogenated alkanes) is 2. The maximum absolute atomic E-state index is 12.9. The topological polar surface area (TPSA) is 212 Å². The van der Waals surface area contributed by atoms with Crippen LogP contribution in [-0.4, -0.2) is 66.8 Å². The zero-order valence-corrected chi connectivity index (χ0v) is 21.6. The molecule has 1 rings (SSSR count). The van der Waals surface area contributed by atoms with Crippen LogP contribution in [0.3, 0.4) is 0 Å². The Hall–Kier alpha value is -3.51. The van der Waals surface area contributed by atoms with Gasteiger partial charge < -0.3 is 38.5 Å². The van der Waals surface area contributed by atoms with Crippen LogP contribution in [0, 0.1) is 0 Å². The minimum atomic E-state index is -0.995. The Morgan fingerprint density at radius 3 is 1.68 bits per heavy atom. The maximum Gasteiger partial charge on any atom is 0.251 e. The van der Waals surface area contributed by atoms with E-state index in [0.29, 0.717) is 57.2 Å². The maximum atomic E-state index is 12.9. The van der Waals surface area contributed by atoms with Crippen LogP contribution in [0.25, 0.3) is 0 Å². The number of rotatable bonds is 17. The van der Waals surface area contributed by atoms with Gasteiger partial charge in [-0.15, -0.1) is 0 Å². The van der Waals surface area contributed by atoms with Crippen LogP contribution in [-0.2, 0) is 19.2 Å². The molecule has 0 spiro atoms. The molecule has 1 aromatic carbocycles. The number of hydrogen-bond donors (Lipinski definition) is 7. The average Bonchev–Trinajstić information content (AvgIpc) is 2.87. The Labute approximate surface area is 217 Å². The number of benzene rings is 1. The fraction of sp³-hybridized carbons (Fsp3) is 0.560. The number of amides is 5. The molecule has 10 N–H and O–H groups in total. The van der Waals surface area contributed by atoms with Crippen molar-refractivity contribution in [3.63, 3.8) is 0 Å². The number of carbonyl (C=O) groups excluding carboxylic acids is 5. The molecule has 0 aliphatic heterocycles. The highest BCUT2D eigenvalue weighted by atomic mass is 16.2. The predicted octanol–water partition coefficient (Wildman–Crippen LogP) is -0.977. The normalized spacial score (nSPS) is 13.9. The van der Waals surface area contributed by atoms with Gasteiger partial charge in [0.05, 0.1) is 0 Å². The van der Waals surface area contributed by atoms with E-state index in [0.717, 1.165) is 0 Å². The van der Waals surface area contributed by atoms with E-state index in [2.05, 4.69) is 21.3 Å². The Morgan fingerprint density at radius 1 is 0.676 bits per heavy atom. The first kappa shape index (κ1) is 31.5. The Morgan fingerprint density at radius 2 is 1.16 bits per heavy atom. The summed E-state index contributed by atoms with van der Waals surface area (Å²) in [7, 11) is 0. The molecule has 5 amide bonds. The van der Waals surface area contributed by atoms with Crippen molar-refractivity contribution >= 4 is 29.5 Å². The average molecular weight is 520 g/mol. The minimum Gasteiger partial charge on any atom is -0.368 e. The standard InChI is InChI=1S/C25H41N7O5/c1-16(22(34)29-17(2)23(35)31-19(21(28)33)12-6-8-14-26)30-25(37)20(13-7-9-15-27)32-24(36)18-10-4-3-5-11-18/h3-5,10-11,16-17,19-20H,6-9,12-15,26-27H2,1-2H3,(H2,28,33)(H,29,34)(H,30,37)(H,31,35)(H,32,36)/t16-,17-,19-,20-/m0/s1. The molecule has 0 aliphatic rings. The highest BCUT2D eigenvalue weighted by Crippen LogP contribution is 2.05. The van der Waals surface area contributed by atoms with Gasteiger partial charge in [0.15, 0.2) is 0 Å². The molecule has 37 heavy (non-hydrogen) atoms.